The number of hydrogen-bond donors (Lipinski definition) is 2. The van der Waals surface area contributed by atoms with Gasteiger partial charge in [-0.15, -0.1) is 0 Å². The van der Waals surface area contributed by atoms with Crippen molar-refractivity contribution >= 4 is 11.0 Å². The molecule has 0 fully saturated rings. The average Bonchev–Trinajstić information content (AvgIpc) is 2.66. The van der Waals surface area contributed by atoms with E-state index < -0.39 is 0 Å². The minimum absolute atomic E-state index is 0.278. The number of aryl methyl sites for hydroxylation is 1. The number of hydrazine groups is 1. The van der Waals surface area contributed by atoms with Gasteiger partial charge in [0.05, 0.1) is 11.0 Å². The Kier molecular flexibility index (Phi) is 3.99. The van der Waals surface area contributed by atoms with Crippen molar-refractivity contribution in [2.75, 3.05) is 0 Å². The summed E-state index contributed by atoms with van der Waals surface area (Å²) in [7, 11) is 2.06. The Morgan fingerprint density at radius 1 is 1.33 bits per heavy atom. The van der Waals surface area contributed by atoms with Crippen LogP contribution in [0.15, 0.2) is 24.3 Å². The van der Waals surface area contributed by atoms with Gasteiger partial charge >= 0.3 is 0 Å². The fourth-order valence-electron chi connectivity index (χ4n) is 2.38. The minimum atomic E-state index is 0.278. The number of para-hydroxylation sites is 2. The molecule has 3 N–H and O–H groups in total. The summed E-state index contributed by atoms with van der Waals surface area (Å²) in [6.07, 6.45) is 1.92. The van der Waals surface area contributed by atoms with Gasteiger partial charge in [0, 0.05) is 19.5 Å². The lowest BCUT2D eigenvalue weighted by Gasteiger charge is -2.17. The topological polar surface area (TPSA) is 55.9 Å². The molecule has 1 atom stereocenters. The standard InChI is InChI=1S/C14H22N4/c1-10(2)8-11(17-15)9-14-16-12-6-4-5-7-13(12)18(14)3/h4-7,10-11,17H,8-9,15H2,1-3H3. The van der Waals surface area contributed by atoms with Crippen molar-refractivity contribution in [2.24, 2.45) is 18.8 Å². The molecule has 1 aromatic carbocycles. The number of imidazole rings is 1. The Bertz CT molecular complexity index is 515. The lowest BCUT2D eigenvalue weighted by Crippen LogP contribution is -2.38. The van der Waals surface area contributed by atoms with Gasteiger partial charge in [0.15, 0.2) is 0 Å². The van der Waals surface area contributed by atoms with Crippen LogP contribution in [-0.2, 0) is 13.5 Å². The zero-order chi connectivity index (χ0) is 13.1. The quantitative estimate of drug-likeness (QED) is 0.626. The third-order valence-electron chi connectivity index (χ3n) is 3.30. The van der Waals surface area contributed by atoms with E-state index in [-0.39, 0.29) is 6.04 Å². The second-order valence-corrected chi connectivity index (χ2v) is 5.27. The van der Waals surface area contributed by atoms with Crippen LogP contribution in [0.25, 0.3) is 11.0 Å². The number of fused-ring (bicyclic) bond motifs is 1. The fraction of sp³-hybridized carbons (Fsp3) is 0.500. The molecule has 0 aliphatic carbocycles. The van der Waals surface area contributed by atoms with Crippen molar-refractivity contribution < 1.29 is 0 Å². The molecule has 1 unspecified atom stereocenters. The second kappa shape index (κ2) is 5.50. The van der Waals surface area contributed by atoms with Gasteiger partial charge in [0.1, 0.15) is 5.82 Å². The summed E-state index contributed by atoms with van der Waals surface area (Å²) < 4.78 is 2.15. The van der Waals surface area contributed by atoms with Gasteiger partial charge in [-0.1, -0.05) is 26.0 Å². The first kappa shape index (κ1) is 13.1. The molecule has 0 aliphatic rings. The highest BCUT2D eigenvalue weighted by Crippen LogP contribution is 2.16. The van der Waals surface area contributed by atoms with Gasteiger partial charge in [0.2, 0.25) is 0 Å². The molecule has 1 heterocycles. The third-order valence-corrected chi connectivity index (χ3v) is 3.30. The van der Waals surface area contributed by atoms with Gasteiger partial charge in [-0.25, -0.2) is 4.98 Å². The van der Waals surface area contributed by atoms with Crippen LogP contribution in [0.5, 0.6) is 0 Å². The van der Waals surface area contributed by atoms with E-state index in [9.17, 15) is 0 Å². The molecule has 0 aliphatic heterocycles. The third kappa shape index (κ3) is 2.71. The number of benzene rings is 1. The lowest BCUT2D eigenvalue weighted by atomic mass is 10.0. The van der Waals surface area contributed by atoms with E-state index in [1.165, 1.54) is 5.52 Å². The largest absolute Gasteiger partial charge is 0.331 e. The summed E-state index contributed by atoms with van der Waals surface area (Å²) in [6, 6.07) is 8.48. The molecule has 2 rings (SSSR count). The average molecular weight is 246 g/mol. The first-order valence-corrected chi connectivity index (χ1v) is 6.48. The molecule has 98 valence electrons. The van der Waals surface area contributed by atoms with Gasteiger partial charge in [-0.05, 0) is 24.5 Å². The highest BCUT2D eigenvalue weighted by molar-refractivity contribution is 5.75. The van der Waals surface area contributed by atoms with Crippen LogP contribution in [-0.4, -0.2) is 15.6 Å². The maximum atomic E-state index is 5.63. The van der Waals surface area contributed by atoms with E-state index >= 15 is 0 Å². The molecular weight excluding hydrogens is 224 g/mol. The number of nitrogens with one attached hydrogen (secondary N) is 1. The Labute approximate surface area is 108 Å². The molecule has 4 nitrogen and oxygen atoms in total. The molecule has 0 saturated heterocycles. The molecule has 0 radical (unpaired) electrons. The zero-order valence-electron chi connectivity index (χ0n) is 11.4. The van der Waals surface area contributed by atoms with Gasteiger partial charge in [-0.3, -0.25) is 11.3 Å². The van der Waals surface area contributed by atoms with Crippen molar-refractivity contribution in [1.29, 1.82) is 0 Å². The smallest absolute Gasteiger partial charge is 0.111 e. The number of aromatic nitrogens is 2. The SMILES string of the molecule is CC(C)CC(Cc1nc2ccccc2n1C)NN. The second-order valence-electron chi connectivity index (χ2n) is 5.27. The van der Waals surface area contributed by atoms with Crippen molar-refractivity contribution in [3.8, 4) is 0 Å². The number of nitrogens with zero attached hydrogens (tertiary/aromatic N) is 2. The van der Waals surface area contributed by atoms with Crippen LogP contribution in [0.3, 0.4) is 0 Å². The Morgan fingerprint density at radius 2 is 2.06 bits per heavy atom. The Balaban J connectivity index is 2.22. The number of nitrogens with two attached hydrogens (primary N) is 1. The van der Waals surface area contributed by atoms with Crippen molar-refractivity contribution in [3.63, 3.8) is 0 Å². The molecule has 0 spiro atoms. The monoisotopic (exact) mass is 246 g/mol. The first-order chi connectivity index (χ1) is 8.61. The molecule has 18 heavy (non-hydrogen) atoms. The van der Waals surface area contributed by atoms with E-state index in [2.05, 4.69) is 41.9 Å². The summed E-state index contributed by atoms with van der Waals surface area (Å²) >= 11 is 0. The molecular formula is C14H22N4. The van der Waals surface area contributed by atoms with Crippen molar-refractivity contribution in [1.82, 2.24) is 15.0 Å². The highest BCUT2D eigenvalue weighted by atomic mass is 15.2. The molecule has 1 aromatic heterocycles. The molecule has 2 aromatic rings. The van der Waals surface area contributed by atoms with Crippen molar-refractivity contribution in [2.45, 2.75) is 32.7 Å². The van der Waals surface area contributed by atoms with Crippen molar-refractivity contribution in [3.05, 3.63) is 30.1 Å². The molecule has 0 amide bonds. The number of rotatable bonds is 5. The summed E-state index contributed by atoms with van der Waals surface area (Å²) in [6.45, 7) is 4.42. The summed E-state index contributed by atoms with van der Waals surface area (Å²) in [5.74, 6) is 7.34. The van der Waals surface area contributed by atoms with Crippen LogP contribution >= 0.6 is 0 Å². The van der Waals surface area contributed by atoms with Crippen LogP contribution in [0.4, 0.5) is 0 Å². The van der Waals surface area contributed by atoms with Gasteiger partial charge in [0.25, 0.3) is 0 Å². The van der Waals surface area contributed by atoms with E-state index in [4.69, 9.17) is 5.84 Å². The normalized spacial score (nSPS) is 13.4. The fourth-order valence-corrected chi connectivity index (χ4v) is 2.38. The lowest BCUT2D eigenvalue weighted by molar-refractivity contribution is 0.415. The molecule has 0 bridgehead atoms. The summed E-state index contributed by atoms with van der Waals surface area (Å²) in [5, 5.41) is 0. The predicted octanol–water partition coefficient (Wildman–Crippen LogP) is 1.99. The summed E-state index contributed by atoms with van der Waals surface area (Å²) in [5.41, 5.74) is 5.13. The zero-order valence-corrected chi connectivity index (χ0v) is 11.4. The summed E-state index contributed by atoms with van der Waals surface area (Å²) in [4.78, 5) is 4.67. The van der Waals surface area contributed by atoms with Crippen LogP contribution < -0.4 is 11.3 Å². The van der Waals surface area contributed by atoms with E-state index in [1.807, 2.05) is 18.2 Å². The minimum Gasteiger partial charge on any atom is -0.331 e. The van der Waals surface area contributed by atoms with Crippen LogP contribution in [0.2, 0.25) is 0 Å². The van der Waals surface area contributed by atoms with Crippen LogP contribution in [0.1, 0.15) is 26.1 Å². The van der Waals surface area contributed by atoms with E-state index in [0.29, 0.717) is 5.92 Å². The first-order valence-electron chi connectivity index (χ1n) is 6.48. The van der Waals surface area contributed by atoms with Gasteiger partial charge < -0.3 is 4.57 Å². The Morgan fingerprint density at radius 3 is 2.67 bits per heavy atom. The molecule has 0 saturated carbocycles. The highest BCUT2D eigenvalue weighted by Gasteiger charge is 2.14. The van der Waals surface area contributed by atoms with E-state index in [0.717, 1.165) is 24.2 Å². The molecule has 4 heteroatoms. The maximum absolute atomic E-state index is 5.63. The number of hydrogen-bond acceptors (Lipinski definition) is 3. The van der Waals surface area contributed by atoms with Crippen LogP contribution in [0, 0.1) is 5.92 Å². The van der Waals surface area contributed by atoms with E-state index in [1.54, 1.807) is 0 Å². The van der Waals surface area contributed by atoms with Gasteiger partial charge in [-0.2, -0.15) is 0 Å². The predicted molar refractivity (Wildman–Crippen MR) is 75.0 cm³/mol. The Hall–Kier alpha value is -1.39. The maximum Gasteiger partial charge on any atom is 0.111 e.